The molecule has 0 radical (unpaired) electrons. The fourth-order valence-corrected chi connectivity index (χ4v) is 1.88. The number of hydrogen-bond donors (Lipinski definition) is 1. The number of ether oxygens (including phenoxy) is 1. The second-order valence-electron chi connectivity index (χ2n) is 3.57. The number of nitrogen functional groups attached to an aromatic ring is 1. The topological polar surface area (TPSA) is 53.1 Å². The molecule has 1 aliphatic heterocycles. The van der Waals surface area contributed by atoms with Crippen LogP contribution in [0.1, 0.15) is 24.6 Å². The summed E-state index contributed by atoms with van der Waals surface area (Å²) in [4.78, 5) is 0. The van der Waals surface area contributed by atoms with Crippen molar-refractivity contribution in [3.05, 3.63) is 10.7 Å². The zero-order valence-corrected chi connectivity index (χ0v) is 8.92. The predicted octanol–water partition coefficient (Wildman–Crippen LogP) is 1.78. The van der Waals surface area contributed by atoms with Gasteiger partial charge in [0.1, 0.15) is 10.8 Å². The molecule has 2 rings (SSSR count). The maximum Gasteiger partial charge on any atom is 0.141 e. The third kappa shape index (κ3) is 1.60. The first-order valence-corrected chi connectivity index (χ1v) is 5.15. The lowest BCUT2D eigenvalue weighted by Crippen LogP contribution is -2.21. The summed E-state index contributed by atoms with van der Waals surface area (Å²) < 4.78 is 7.12. The molecular formula is C9H14ClN3O. The predicted molar refractivity (Wildman–Crippen MR) is 55.5 cm³/mol. The van der Waals surface area contributed by atoms with E-state index in [0.717, 1.165) is 31.7 Å². The first kappa shape index (κ1) is 9.80. The maximum absolute atomic E-state index is 5.98. The highest BCUT2D eigenvalue weighted by molar-refractivity contribution is 6.33. The van der Waals surface area contributed by atoms with Gasteiger partial charge in [-0.25, -0.2) is 4.68 Å². The molecule has 1 aromatic heterocycles. The lowest BCUT2D eigenvalue weighted by Gasteiger charge is -2.23. The lowest BCUT2D eigenvalue weighted by atomic mass is 10.1. The maximum atomic E-state index is 5.98. The highest BCUT2D eigenvalue weighted by atomic mass is 35.5. The molecule has 1 aliphatic rings. The van der Waals surface area contributed by atoms with Gasteiger partial charge in [-0.15, -0.1) is 0 Å². The summed E-state index contributed by atoms with van der Waals surface area (Å²) in [5.41, 5.74) is 6.66. The first-order chi connectivity index (χ1) is 6.70. The molecule has 0 aromatic carbocycles. The Bertz CT molecular complexity index is 331. The third-order valence-electron chi connectivity index (χ3n) is 2.58. The Morgan fingerprint density at radius 3 is 2.64 bits per heavy atom. The van der Waals surface area contributed by atoms with Crippen LogP contribution in [0.3, 0.4) is 0 Å². The van der Waals surface area contributed by atoms with Gasteiger partial charge in [0, 0.05) is 13.2 Å². The number of hydrogen-bond acceptors (Lipinski definition) is 3. The van der Waals surface area contributed by atoms with E-state index in [1.54, 1.807) is 0 Å². The van der Waals surface area contributed by atoms with Crippen LogP contribution in [0.2, 0.25) is 5.02 Å². The molecule has 0 aliphatic carbocycles. The van der Waals surface area contributed by atoms with Gasteiger partial charge < -0.3 is 10.5 Å². The van der Waals surface area contributed by atoms with Crippen LogP contribution in [-0.2, 0) is 4.74 Å². The molecule has 2 N–H and O–H groups in total. The minimum atomic E-state index is 0.343. The van der Waals surface area contributed by atoms with E-state index in [-0.39, 0.29) is 0 Å². The van der Waals surface area contributed by atoms with Crippen molar-refractivity contribution in [2.24, 2.45) is 0 Å². The summed E-state index contributed by atoms with van der Waals surface area (Å²) in [6.45, 7) is 3.43. The Morgan fingerprint density at radius 2 is 2.14 bits per heavy atom. The molecule has 78 valence electrons. The summed E-state index contributed by atoms with van der Waals surface area (Å²) in [6.07, 6.45) is 1.92. The quantitative estimate of drug-likeness (QED) is 0.777. The molecule has 4 nitrogen and oxygen atoms in total. The Hall–Kier alpha value is -0.740. The molecule has 0 unspecified atom stereocenters. The van der Waals surface area contributed by atoms with Crippen molar-refractivity contribution in [3.8, 4) is 0 Å². The summed E-state index contributed by atoms with van der Waals surface area (Å²) in [5.74, 6) is 0.580. The Morgan fingerprint density at radius 1 is 1.50 bits per heavy atom. The van der Waals surface area contributed by atoms with Gasteiger partial charge in [0.25, 0.3) is 0 Å². The van der Waals surface area contributed by atoms with Gasteiger partial charge in [0.05, 0.1) is 11.7 Å². The Labute approximate surface area is 88.0 Å². The zero-order valence-electron chi connectivity index (χ0n) is 8.16. The molecule has 0 spiro atoms. The van der Waals surface area contributed by atoms with E-state index in [4.69, 9.17) is 22.1 Å². The van der Waals surface area contributed by atoms with Crippen molar-refractivity contribution in [3.63, 3.8) is 0 Å². The van der Waals surface area contributed by atoms with E-state index >= 15 is 0 Å². The molecule has 0 bridgehead atoms. The largest absolute Gasteiger partial charge is 0.383 e. The van der Waals surface area contributed by atoms with Crippen molar-refractivity contribution >= 4 is 17.4 Å². The average molecular weight is 216 g/mol. The third-order valence-corrected chi connectivity index (χ3v) is 3.05. The average Bonchev–Trinajstić information content (AvgIpc) is 2.47. The summed E-state index contributed by atoms with van der Waals surface area (Å²) in [7, 11) is 0. The molecule has 1 fully saturated rings. The fraction of sp³-hybridized carbons (Fsp3) is 0.667. The summed E-state index contributed by atoms with van der Waals surface area (Å²) in [5, 5.41) is 4.92. The van der Waals surface area contributed by atoms with Crippen molar-refractivity contribution in [1.29, 1.82) is 0 Å². The highest BCUT2D eigenvalue weighted by Gasteiger charge is 2.20. The SMILES string of the molecule is Cc1nn(C2CCOCC2)c(N)c1Cl. The number of halogens is 1. The molecule has 14 heavy (non-hydrogen) atoms. The molecule has 1 aromatic rings. The van der Waals surface area contributed by atoms with Gasteiger partial charge in [0.2, 0.25) is 0 Å². The highest BCUT2D eigenvalue weighted by Crippen LogP contribution is 2.29. The van der Waals surface area contributed by atoms with E-state index in [0.29, 0.717) is 16.9 Å². The standard InChI is InChI=1S/C9H14ClN3O/c1-6-8(10)9(11)13(12-6)7-2-4-14-5-3-7/h7H,2-5,11H2,1H3. The van der Waals surface area contributed by atoms with Gasteiger partial charge in [-0.2, -0.15) is 5.10 Å². The van der Waals surface area contributed by atoms with Gasteiger partial charge >= 0.3 is 0 Å². The lowest BCUT2D eigenvalue weighted by molar-refractivity contribution is 0.0668. The normalized spacial score (nSPS) is 18.7. The van der Waals surface area contributed by atoms with Crippen LogP contribution in [0.15, 0.2) is 0 Å². The molecular weight excluding hydrogens is 202 g/mol. The minimum Gasteiger partial charge on any atom is -0.383 e. The van der Waals surface area contributed by atoms with Crippen molar-refractivity contribution in [1.82, 2.24) is 9.78 Å². The van der Waals surface area contributed by atoms with Gasteiger partial charge in [-0.3, -0.25) is 0 Å². The van der Waals surface area contributed by atoms with E-state index in [9.17, 15) is 0 Å². The number of nitrogens with two attached hydrogens (primary N) is 1. The van der Waals surface area contributed by atoms with E-state index < -0.39 is 0 Å². The number of rotatable bonds is 1. The summed E-state index contributed by atoms with van der Waals surface area (Å²) >= 11 is 5.98. The summed E-state index contributed by atoms with van der Waals surface area (Å²) in [6, 6.07) is 0.343. The van der Waals surface area contributed by atoms with Gasteiger partial charge in [0.15, 0.2) is 0 Å². The molecule has 0 amide bonds. The monoisotopic (exact) mass is 215 g/mol. The Balaban J connectivity index is 2.26. The van der Waals surface area contributed by atoms with Crippen LogP contribution in [0.5, 0.6) is 0 Å². The number of aryl methyl sites for hydroxylation is 1. The molecule has 5 heteroatoms. The second-order valence-corrected chi connectivity index (χ2v) is 3.95. The van der Waals surface area contributed by atoms with Crippen LogP contribution in [-0.4, -0.2) is 23.0 Å². The molecule has 1 saturated heterocycles. The van der Waals surface area contributed by atoms with Crippen molar-refractivity contribution in [2.45, 2.75) is 25.8 Å². The first-order valence-electron chi connectivity index (χ1n) is 4.78. The molecule has 0 atom stereocenters. The van der Waals surface area contributed by atoms with Crippen LogP contribution in [0.25, 0.3) is 0 Å². The number of anilines is 1. The van der Waals surface area contributed by atoms with Crippen molar-refractivity contribution < 1.29 is 4.74 Å². The number of aromatic nitrogens is 2. The second kappa shape index (κ2) is 3.79. The smallest absolute Gasteiger partial charge is 0.141 e. The molecule has 2 heterocycles. The van der Waals surface area contributed by atoms with E-state index in [2.05, 4.69) is 5.10 Å². The van der Waals surface area contributed by atoms with Crippen LogP contribution in [0, 0.1) is 6.92 Å². The van der Waals surface area contributed by atoms with Crippen LogP contribution >= 0.6 is 11.6 Å². The van der Waals surface area contributed by atoms with Gasteiger partial charge in [-0.1, -0.05) is 11.6 Å². The van der Waals surface area contributed by atoms with Crippen LogP contribution < -0.4 is 5.73 Å². The minimum absolute atomic E-state index is 0.343. The number of nitrogens with zero attached hydrogens (tertiary/aromatic N) is 2. The van der Waals surface area contributed by atoms with Crippen LogP contribution in [0.4, 0.5) is 5.82 Å². The van der Waals surface area contributed by atoms with E-state index in [1.807, 2.05) is 11.6 Å². The van der Waals surface area contributed by atoms with Gasteiger partial charge in [-0.05, 0) is 19.8 Å². The Kier molecular flexibility index (Phi) is 2.65. The van der Waals surface area contributed by atoms with E-state index in [1.165, 1.54) is 0 Å². The zero-order chi connectivity index (χ0) is 10.1. The molecule has 0 saturated carbocycles. The van der Waals surface area contributed by atoms with Crippen molar-refractivity contribution in [2.75, 3.05) is 18.9 Å². The fourth-order valence-electron chi connectivity index (χ4n) is 1.75.